The lowest BCUT2D eigenvalue weighted by Gasteiger charge is -2.04. The van der Waals surface area contributed by atoms with Crippen LogP contribution in [0.25, 0.3) is 10.1 Å². The summed E-state index contributed by atoms with van der Waals surface area (Å²) in [5.41, 5.74) is 5.71. The number of thiophene rings is 1. The molecular formula is C15H10F2N2OS. The van der Waals surface area contributed by atoms with Crippen molar-refractivity contribution in [2.24, 2.45) is 0 Å². The molecule has 106 valence electrons. The fourth-order valence-corrected chi connectivity index (χ4v) is 2.90. The number of anilines is 2. The average Bonchev–Trinajstić information content (AvgIpc) is 2.86. The predicted octanol–water partition coefficient (Wildman–Crippen LogP) is 4.01. The van der Waals surface area contributed by atoms with Gasteiger partial charge in [0.1, 0.15) is 11.6 Å². The molecule has 1 amide bonds. The van der Waals surface area contributed by atoms with Crippen LogP contribution in [0.4, 0.5) is 20.2 Å². The Hall–Kier alpha value is -2.47. The summed E-state index contributed by atoms with van der Waals surface area (Å²) in [4.78, 5) is 12.5. The highest BCUT2D eigenvalue weighted by atomic mass is 32.1. The Kier molecular flexibility index (Phi) is 3.31. The predicted molar refractivity (Wildman–Crippen MR) is 80.5 cm³/mol. The van der Waals surface area contributed by atoms with Crippen molar-refractivity contribution in [3.05, 3.63) is 59.0 Å². The molecule has 0 atom stereocenters. The zero-order chi connectivity index (χ0) is 15.0. The van der Waals surface area contributed by atoms with Crippen molar-refractivity contribution in [1.82, 2.24) is 0 Å². The monoisotopic (exact) mass is 304 g/mol. The summed E-state index contributed by atoms with van der Waals surface area (Å²) in [5, 5.41) is 3.37. The van der Waals surface area contributed by atoms with Crippen LogP contribution in [0.15, 0.2) is 42.5 Å². The normalized spacial score (nSPS) is 10.8. The maximum atomic E-state index is 13.3. The molecule has 0 aliphatic heterocycles. The van der Waals surface area contributed by atoms with Gasteiger partial charge >= 0.3 is 0 Å². The molecule has 3 nitrogen and oxygen atoms in total. The van der Waals surface area contributed by atoms with E-state index in [1.54, 1.807) is 12.1 Å². The zero-order valence-corrected chi connectivity index (χ0v) is 11.5. The van der Waals surface area contributed by atoms with Gasteiger partial charge in [-0.2, -0.15) is 0 Å². The third-order valence-electron chi connectivity index (χ3n) is 2.96. The topological polar surface area (TPSA) is 55.1 Å². The Balaban J connectivity index is 1.87. The van der Waals surface area contributed by atoms with E-state index in [2.05, 4.69) is 5.32 Å². The first kappa shape index (κ1) is 13.5. The van der Waals surface area contributed by atoms with Crippen molar-refractivity contribution >= 4 is 38.7 Å². The van der Waals surface area contributed by atoms with E-state index in [-0.39, 0.29) is 17.4 Å². The molecule has 2 aromatic carbocycles. The fourth-order valence-electron chi connectivity index (χ4n) is 1.91. The molecule has 0 spiro atoms. The van der Waals surface area contributed by atoms with Crippen LogP contribution in [0.5, 0.6) is 0 Å². The number of carbonyl (C=O) groups is 1. The lowest BCUT2D eigenvalue weighted by atomic mass is 10.2. The number of halogens is 2. The molecule has 0 bridgehead atoms. The van der Waals surface area contributed by atoms with Gasteiger partial charge in [-0.25, -0.2) is 8.78 Å². The number of hydrogen-bond acceptors (Lipinski definition) is 3. The first-order chi connectivity index (χ1) is 10.0. The smallest absolute Gasteiger partial charge is 0.265 e. The third-order valence-corrected chi connectivity index (χ3v) is 4.06. The molecule has 0 aliphatic carbocycles. The Morgan fingerprint density at radius 2 is 1.90 bits per heavy atom. The van der Waals surface area contributed by atoms with Crippen LogP contribution in [-0.4, -0.2) is 5.91 Å². The number of benzene rings is 2. The number of rotatable bonds is 2. The van der Waals surface area contributed by atoms with Crippen molar-refractivity contribution in [1.29, 1.82) is 0 Å². The van der Waals surface area contributed by atoms with Crippen LogP contribution in [-0.2, 0) is 0 Å². The van der Waals surface area contributed by atoms with E-state index in [9.17, 15) is 13.6 Å². The highest BCUT2D eigenvalue weighted by Crippen LogP contribution is 2.27. The highest BCUT2D eigenvalue weighted by molar-refractivity contribution is 7.20. The SMILES string of the molecule is Nc1ccc(NC(=O)c2cc3ccc(F)cc3s2)cc1F. The van der Waals surface area contributed by atoms with Crippen molar-refractivity contribution in [3.8, 4) is 0 Å². The van der Waals surface area contributed by atoms with Crippen molar-refractivity contribution in [2.75, 3.05) is 11.1 Å². The maximum absolute atomic E-state index is 13.3. The molecule has 0 aliphatic rings. The van der Waals surface area contributed by atoms with Gasteiger partial charge in [0.2, 0.25) is 0 Å². The zero-order valence-electron chi connectivity index (χ0n) is 10.7. The summed E-state index contributed by atoms with van der Waals surface area (Å²) in [7, 11) is 0. The minimum Gasteiger partial charge on any atom is -0.396 e. The van der Waals surface area contributed by atoms with E-state index in [1.165, 1.54) is 35.6 Å². The summed E-state index contributed by atoms with van der Waals surface area (Å²) in [5.74, 6) is -1.32. The molecular weight excluding hydrogens is 294 g/mol. The maximum Gasteiger partial charge on any atom is 0.265 e. The lowest BCUT2D eigenvalue weighted by Crippen LogP contribution is -2.10. The van der Waals surface area contributed by atoms with Crippen molar-refractivity contribution in [3.63, 3.8) is 0 Å². The molecule has 1 aromatic heterocycles. The van der Waals surface area contributed by atoms with E-state index >= 15 is 0 Å². The van der Waals surface area contributed by atoms with Gasteiger partial charge < -0.3 is 11.1 Å². The molecule has 3 N–H and O–H groups in total. The molecule has 6 heteroatoms. The van der Waals surface area contributed by atoms with Gasteiger partial charge in [0.05, 0.1) is 10.6 Å². The van der Waals surface area contributed by atoms with Crippen LogP contribution in [0.1, 0.15) is 9.67 Å². The first-order valence-electron chi connectivity index (χ1n) is 6.08. The minimum atomic E-state index is -0.591. The molecule has 0 unspecified atom stereocenters. The summed E-state index contributed by atoms with van der Waals surface area (Å²) in [6.45, 7) is 0. The molecule has 3 aromatic rings. The third kappa shape index (κ3) is 2.71. The van der Waals surface area contributed by atoms with E-state index < -0.39 is 5.82 Å². The molecule has 1 heterocycles. The van der Waals surface area contributed by atoms with E-state index in [0.717, 1.165) is 11.5 Å². The van der Waals surface area contributed by atoms with Gasteiger partial charge in [0.15, 0.2) is 0 Å². The number of carbonyl (C=O) groups excluding carboxylic acids is 1. The number of nitrogens with one attached hydrogen (secondary N) is 1. The fraction of sp³-hybridized carbons (Fsp3) is 0. The van der Waals surface area contributed by atoms with Gasteiger partial charge in [0, 0.05) is 10.4 Å². The average molecular weight is 304 g/mol. The Labute approximate surface area is 123 Å². The number of nitrogen functional groups attached to an aromatic ring is 1. The quantitative estimate of drug-likeness (QED) is 0.703. The number of hydrogen-bond donors (Lipinski definition) is 2. The van der Waals surface area contributed by atoms with Gasteiger partial charge in [-0.05, 0) is 41.8 Å². The van der Waals surface area contributed by atoms with Crippen LogP contribution >= 0.6 is 11.3 Å². The van der Waals surface area contributed by atoms with Crippen LogP contribution in [0.3, 0.4) is 0 Å². The second-order valence-corrected chi connectivity index (χ2v) is 5.57. The molecule has 0 radical (unpaired) electrons. The molecule has 21 heavy (non-hydrogen) atoms. The summed E-state index contributed by atoms with van der Waals surface area (Å²) >= 11 is 1.18. The van der Waals surface area contributed by atoms with Crippen LogP contribution in [0, 0.1) is 11.6 Å². The summed E-state index contributed by atoms with van der Waals surface area (Å²) in [6, 6.07) is 10.0. The van der Waals surface area contributed by atoms with E-state index in [1.807, 2.05) is 0 Å². The minimum absolute atomic E-state index is 0.0188. The Morgan fingerprint density at radius 1 is 1.10 bits per heavy atom. The molecule has 3 rings (SSSR count). The van der Waals surface area contributed by atoms with Gasteiger partial charge in [-0.1, -0.05) is 6.07 Å². The molecule has 0 saturated carbocycles. The number of fused-ring (bicyclic) bond motifs is 1. The van der Waals surface area contributed by atoms with Crippen LogP contribution in [0.2, 0.25) is 0 Å². The highest BCUT2D eigenvalue weighted by Gasteiger charge is 2.12. The second-order valence-electron chi connectivity index (χ2n) is 4.48. The second kappa shape index (κ2) is 5.14. The van der Waals surface area contributed by atoms with Gasteiger partial charge in [-0.3, -0.25) is 4.79 Å². The Morgan fingerprint density at radius 3 is 2.67 bits per heavy atom. The van der Waals surface area contributed by atoms with Crippen molar-refractivity contribution < 1.29 is 13.6 Å². The first-order valence-corrected chi connectivity index (χ1v) is 6.90. The number of amides is 1. The molecule has 0 saturated heterocycles. The Bertz CT molecular complexity index is 845. The standard InChI is InChI=1S/C15H10F2N2OS/c16-9-2-1-8-5-14(21-13(8)6-9)15(20)19-10-3-4-12(18)11(17)7-10/h1-7H,18H2,(H,19,20). The van der Waals surface area contributed by atoms with E-state index in [0.29, 0.717) is 15.3 Å². The van der Waals surface area contributed by atoms with Crippen molar-refractivity contribution in [2.45, 2.75) is 0 Å². The van der Waals surface area contributed by atoms with Crippen LogP contribution < -0.4 is 11.1 Å². The van der Waals surface area contributed by atoms with Gasteiger partial charge in [0.25, 0.3) is 5.91 Å². The summed E-state index contributed by atoms with van der Waals surface area (Å²) in [6.07, 6.45) is 0. The summed E-state index contributed by atoms with van der Waals surface area (Å²) < 4.78 is 27.1. The van der Waals surface area contributed by atoms with E-state index in [4.69, 9.17) is 5.73 Å². The number of nitrogens with two attached hydrogens (primary N) is 1. The lowest BCUT2D eigenvalue weighted by molar-refractivity contribution is 0.103. The van der Waals surface area contributed by atoms with Gasteiger partial charge in [-0.15, -0.1) is 11.3 Å². The molecule has 0 fully saturated rings. The largest absolute Gasteiger partial charge is 0.396 e.